The van der Waals surface area contributed by atoms with E-state index in [-0.39, 0.29) is 24.7 Å². The molecular weight excluding hydrogens is 208 g/mol. The lowest BCUT2D eigenvalue weighted by Crippen LogP contribution is -2.40. The normalized spacial score (nSPS) is 15.2. The van der Waals surface area contributed by atoms with Gasteiger partial charge < -0.3 is 5.73 Å². The van der Waals surface area contributed by atoms with E-state index in [1.807, 2.05) is 6.92 Å². The molecule has 1 rings (SSSR count). The Labute approximate surface area is 95.7 Å². The van der Waals surface area contributed by atoms with E-state index in [9.17, 15) is 8.78 Å². The van der Waals surface area contributed by atoms with Crippen LogP contribution in [-0.2, 0) is 6.42 Å². The second kappa shape index (κ2) is 4.91. The highest BCUT2D eigenvalue weighted by Crippen LogP contribution is 2.27. The van der Waals surface area contributed by atoms with Crippen molar-refractivity contribution in [2.24, 2.45) is 11.7 Å². The highest BCUT2D eigenvalue weighted by atomic mass is 19.1. The average Bonchev–Trinajstić information content (AvgIpc) is 2.23. The van der Waals surface area contributed by atoms with E-state index in [0.717, 1.165) is 5.56 Å². The number of aryl methyl sites for hydroxylation is 1. The Balaban J connectivity index is 2.98. The zero-order valence-corrected chi connectivity index (χ0v) is 10.1. The maximum absolute atomic E-state index is 14.4. The molecule has 90 valence electrons. The standard InChI is InChI=1S/C13H19F2N/c1-9(2)13(15,8-16)7-11-6-12(14)5-4-10(11)3/h4-6,9H,7-8,16H2,1-3H3. The summed E-state index contributed by atoms with van der Waals surface area (Å²) < 4.78 is 27.5. The summed E-state index contributed by atoms with van der Waals surface area (Å²) in [5.41, 5.74) is 5.61. The van der Waals surface area contributed by atoms with Crippen LogP contribution in [0.5, 0.6) is 0 Å². The SMILES string of the molecule is Cc1ccc(F)cc1CC(F)(CN)C(C)C. The van der Waals surface area contributed by atoms with Crippen LogP contribution >= 0.6 is 0 Å². The van der Waals surface area contributed by atoms with Gasteiger partial charge in [-0.05, 0) is 36.1 Å². The van der Waals surface area contributed by atoms with Gasteiger partial charge in [0.2, 0.25) is 0 Å². The fourth-order valence-corrected chi connectivity index (χ4v) is 1.66. The minimum absolute atomic E-state index is 0.0411. The van der Waals surface area contributed by atoms with E-state index in [1.165, 1.54) is 12.1 Å². The molecule has 0 aliphatic carbocycles. The second-order valence-corrected chi connectivity index (χ2v) is 4.64. The van der Waals surface area contributed by atoms with Crippen molar-refractivity contribution in [1.82, 2.24) is 0 Å². The maximum Gasteiger partial charge on any atom is 0.129 e. The first-order chi connectivity index (χ1) is 7.39. The van der Waals surface area contributed by atoms with E-state index in [4.69, 9.17) is 5.73 Å². The Morgan fingerprint density at radius 2 is 2.00 bits per heavy atom. The van der Waals surface area contributed by atoms with Crippen LogP contribution in [0.4, 0.5) is 8.78 Å². The molecule has 0 bridgehead atoms. The minimum Gasteiger partial charge on any atom is -0.328 e. The summed E-state index contributed by atoms with van der Waals surface area (Å²) in [5, 5.41) is 0. The number of alkyl halides is 1. The Kier molecular flexibility index (Phi) is 4.03. The molecule has 0 spiro atoms. The lowest BCUT2D eigenvalue weighted by Gasteiger charge is -2.28. The number of benzene rings is 1. The maximum atomic E-state index is 14.4. The van der Waals surface area contributed by atoms with Gasteiger partial charge in [0.05, 0.1) is 0 Å². The number of hydrogen-bond acceptors (Lipinski definition) is 1. The second-order valence-electron chi connectivity index (χ2n) is 4.64. The summed E-state index contributed by atoms with van der Waals surface area (Å²) in [6, 6.07) is 4.44. The molecule has 0 aliphatic rings. The molecule has 1 unspecified atom stereocenters. The third kappa shape index (κ3) is 2.79. The molecule has 0 fully saturated rings. The van der Waals surface area contributed by atoms with Crippen LogP contribution in [0.1, 0.15) is 25.0 Å². The monoisotopic (exact) mass is 227 g/mol. The van der Waals surface area contributed by atoms with Gasteiger partial charge in [-0.2, -0.15) is 0 Å². The number of nitrogens with two attached hydrogens (primary N) is 1. The molecule has 1 aromatic rings. The van der Waals surface area contributed by atoms with Gasteiger partial charge in [-0.15, -0.1) is 0 Å². The van der Waals surface area contributed by atoms with Crippen LogP contribution in [-0.4, -0.2) is 12.2 Å². The lowest BCUT2D eigenvalue weighted by atomic mass is 9.85. The van der Waals surface area contributed by atoms with E-state index < -0.39 is 5.67 Å². The minimum atomic E-state index is -1.46. The summed E-state index contributed by atoms with van der Waals surface area (Å²) in [7, 11) is 0. The third-order valence-electron chi connectivity index (χ3n) is 3.17. The molecule has 3 heteroatoms. The van der Waals surface area contributed by atoms with Gasteiger partial charge in [-0.3, -0.25) is 0 Å². The summed E-state index contributed by atoms with van der Waals surface area (Å²) in [5.74, 6) is -0.510. The zero-order chi connectivity index (χ0) is 12.3. The van der Waals surface area contributed by atoms with Crippen molar-refractivity contribution in [3.8, 4) is 0 Å². The van der Waals surface area contributed by atoms with Crippen molar-refractivity contribution in [3.05, 3.63) is 35.1 Å². The Morgan fingerprint density at radius 3 is 2.50 bits per heavy atom. The fraction of sp³-hybridized carbons (Fsp3) is 0.538. The molecule has 0 radical (unpaired) electrons. The third-order valence-corrected chi connectivity index (χ3v) is 3.17. The summed E-state index contributed by atoms with van der Waals surface area (Å²) in [6.45, 7) is 5.40. The van der Waals surface area contributed by atoms with Gasteiger partial charge in [0.25, 0.3) is 0 Å². The largest absolute Gasteiger partial charge is 0.328 e. The van der Waals surface area contributed by atoms with Crippen molar-refractivity contribution in [2.75, 3.05) is 6.54 Å². The number of rotatable bonds is 4. The molecule has 0 saturated heterocycles. The zero-order valence-electron chi connectivity index (χ0n) is 10.1. The molecule has 0 saturated carbocycles. The van der Waals surface area contributed by atoms with Crippen molar-refractivity contribution in [1.29, 1.82) is 0 Å². The van der Waals surface area contributed by atoms with Crippen molar-refractivity contribution in [2.45, 2.75) is 32.9 Å². The molecule has 1 atom stereocenters. The molecule has 0 aliphatic heterocycles. The fourth-order valence-electron chi connectivity index (χ4n) is 1.66. The van der Waals surface area contributed by atoms with Crippen LogP contribution in [0.25, 0.3) is 0 Å². The molecule has 1 aromatic carbocycles. The molecular formula is C13H19F2N. The first-order valence-electron chi connectivity index (χ1n) is 5.53. The van der Waals surface area contributed by atoms with E-state index in [0.29, 0.717) is 5.56 Å². The first-order valence-corrected chi connectivity index (χ1v) is 5.53. The first kappa shape index (κ1) is 13.1. The van der Waals surface area contributed by atoms with Crippen LogP contribution < -0.4 is 5.73 Å². The predicted molar refractivity (Wildman–Crippen MR) is 62.6 cm³/mol. The Morgan fingerprint density at radius 1 is 1.38 bits per heavy atom. The molecule has 0 aromatic heterocycles. The molecule has 0 heterocycles. The van der Waals surface area contributed by atoms with Crippen LogP contribution in [0.2, 0.25) is 0 Å². The quantitative estimate of drug-likeness (QED) is 0.840. The topological polar surface area (TPSA) is 26.0 Å². The summed E-state index contributed by atoms with van der Waals surface area (Å²) in [4.78, 5) is 0. The smallest absolute Gasteiger partial charge is 0.129 e. The van der Waals surface area contributed by atoms with Gasteiger partial charge in [-0.25, -0.2) is 8.78 Å². The van der Waals surface area contributed by atoms with Gasteiger partial charge in [-0.1, -0.05) is 19.9 Å². The van der Waals surface area contributed by atoms with Crippen LogP contribution in [0.15, 0.2) is 18.2 Å². The highest BCUT2D eigenvalue weighted by Gasteiger charge is 2.32. The molecule has 0 amide bonds. The van der Waals surface area contributed by atoms with Gasteiger partial charge >= 0.3 is 0 Å². The summed E-state index contributed by atoms with van der Waals surface area (Å²) in [6.07, 6.45) is 0.171. The number of hydrogen-bond donors (Lipinski definition) is 1. The average molecular weight is 227 g/mol. The van der Waals surface area contributed by atoms with E-state index in [2.05, 4.69) is 0 Å². The van der Waals surface area contributed by atoms with Gasteiger partial charge in [0.15, 0.2) is 0 Å². The van der Waals surface area contributed by atoms with E-state index in [1.54, 1.807) is 19.9 Å². The van der Waals surface area contributed by atoms with Crippen LogP contribution in [0, 0.1) is 18.7 Å². The van der Waals surface area contributed by atoms with Crippen molar-refractivity contribution in [3.63, 3.8) is 0 Å². The summed E-state index contributed by atoms with van der Waals surface area (Å²) >= 11 is 0. The Bertz CT molecular complexity index is 363. The van der Waals surface area contributed by atoms with E-state index >= 15 is 0 Å². The molecule has 1 nitrogen and oxygen atoms in total. The van der Waals surface area contributed by atoms with Crippen molar-refractivity contribution < 1.29 is 8.78 Å². The highest BCUT2D eigenvalue weighted by molar-refractivity contribution is 5.28. The number of halogens is 2. The molecule has 2 N–H and O–H groups in total. The Hall–Kier alpha value is -0.960. The van der Waals surface area contributed by atoms with Gasteiger partial charge in [0, 0.05) is 13.0 Å². The van der Waals surface area contributed by atoms with Gasteiger partial charge in [0.1, 0.15) is 11.5 Å². The predicted octanol–water partition coefficient (Wildman–Crippen LogP) is 3.00. The van der Waals surface area contributed by atoms with Crippen molar-refractivity contribution >= 4 is 0 Å². The molecule has 16 heavy (non-hydrogen) atoms. The lowest BCUT2D eigenvalue weighted by molar-refractivity contribution is 0.110. The van der Waals surface area contributed by atoms with Crippen LogP contribution in [0.3, 0.4) is 0 Å².